The lowest BCUT2D eigenvalue weighted by molar-refractivity contribution is 0.233. The zero-order valence-corrected chi connectivity index (χ0v) is 12.1. The highest BCUT2D eigenvalue weighted by Gasteiger charge is 2.33. The van der Waals surface area contributed by atoms with E-state index < -0.39 is 10.0 Å². The van der Waals surface area contributed by atoms with E-state index in [2.05, 4.69) is 5.32 Å². The molecule has 0 aliphatic carbocycles. The fraction of sp³-hybridized carbons (Fsp3) is 0.500. The second-order valence-electron chi connectivity index (χ2n) is 5.11. The summed E-state index contributed by atoms with van der Waals surface area (Å²) in [4.78, 5) is 0.257. The summed E-state index contributed by atoms with van der Waals surface area (Å²) in [7, 11) is -3.45. The van der Waals surface area contributed by atoms with Crippen LogP contribution in [0.15, 0.2) is 29.2 Å². The Kier molecular flexibility index (Phi) is 3.69. The van der Waals surface area contributed by atoms with Crippen molar-refractivity contribution in [3.05, 3.63) is 29.3 Å². The number of hydrogen-bond donors (Lipinski definition) is 1. The van der Waals surface area contributed by atoms with E-state index in [-0.39, 0.29) is 10.4 Å². The minimum Gasteiger partial charge on any atom is -0.309 e. The molecule has 1 heterocycles. The fourth-order valence-corrected chi connectivity index (χ4v) is 3.98. The Balaban J connectivity index is 2.31. The Labute approximate surface area is 113 Å². The summed E-state index contributed by atoms with van der Waals surface area (Å²) in [5, 5.41) is 3.73. The van der Waals surface area contributed by atoms with Crippen molar-refractivity contribution in [2.45, 2.75) is 24.3 Å². The van der Waals surface area contributed by atoms with Crippen molar-refractivity contribution < 1.29 is 8.42 Å². The lowest BCUT2D eigenvalue weighted by Gasteiger charge is -2.38. The van der Waals surface area contributed by atoms with Crippen LogP contribution in [-0.2, 0) is 10.0 Å². The van der Waals surface area contributed by atoms with Crippen LogP contribution in [0, 0.1) is 0 Å². The molecule has 1 aliphatic rings. The van der Waals surface area contributed by atoms with Crippen LogP contribution >= 0.6 is 11.6 Å². The van der Waals surface area contributed by atoms with Gasteiger partial charge in [0.15, 0.2) is 0 Å². The van der Waals surface area contributed by atoms with Gasteiger partial charge in [-0.25, -0.2) is 8.42 Å². The van der Waals surface area contributed by atoms with Gasteiger partial charge < -0.3 is 5.32 Å². The van der Waals surface area contributed by atoms with Crippen LogP contribution in [0.25, 0.3) is 0 Å². The molecule has 18 heavy (non-hydrogen) atoms. The first-order chi connectivity index (χ1) is 8.31. The summed E-state index contributed by atoms with van der Waals surface area (Å²) in [6.45, 7) is 5.59. The highest BCUT2D eigenvalue weighted by molar-refractivity contribution is 7.89. The smallest absolute Gasteiger partial charge is 0.243 e. The highest BCUT2D eigenvalue weighted by Crippen LogP contribution is 2.22. The molecular weight excluding hydrogens is 272 g/mol. The average Bonchev–Trinajstić information content (AvgIpc) is 2.27. The number of nitrogens with zero attached hydrogens (tertiary/aromatic N) is 1. The number of halogens is 1. The highest BCUT2D eigenvalue weighted by atomic mass is 35.5. The van der Waals surface area contributed by atoms with Crippen molar-refractivity contribution in [1.29, 1.82) is 0 Å². The lowest BCUT2D eigenvalue weighted by atomic mass is 10.0. The van der Waals surface area contributed by atoms with Gasteiger partial charge >= 0.3 is 0 Å². The second-order valence-corrected chi connectivity index (χ2v) is 7.48. The maximum absolute atomic E-state index is 12.5. The molecule has 0 atom stereocenters. The molecule has 0 unspecified atom stereocenters. The molecule has 1 N–H and O–H groups in total. The van der Waals surface area contributed by atoms with Gasteiger partial charge in [0.2, 0.25) is 10.0 Å². The summed E-state index contributed by atoms with van der Waals surface area (Å²) in [6, 6.07) is 6.40. The van der Waals surface area contributed by atoms with Gasteiger partial charge in [0.25, 0.3) is 0 Å². The van der Waals surface area contributed by atoms with Gasteiger partial charge in [-0.2, -0.15) is 4.31 Å². The molecule has 1 aromatic rings. The Morgan fingerprint density at radius 1 is 1.39 bits per heavy atom. The molecule has 1 aliphatic heterocycles. The molecule has 0 saturated carbocycles. The zero-order valence-electron chi connectivity index (χ0n) is 10.5. The maximum atomic E-state index is 12.5. The minimum absolute atomic E-state index is 0.204. The molecule has 0 amide bonds. The third kappa shape index (κ3) is 2.85. The summed E-state index contributed by atoms with van der Waals surface area (Å²) < 4.78 is 26.4. The van der Waals surface area contributed by atoms with Crippen LogP contribution in [-0.4, -0.2) is 37.9 Å². The normalized spacial score (nSPS) is 20.8. The molecule has 2 rings (SSSR count). The summed E-state index contributed by atoms with van der Waals surface area (Å²) >= 11 is 5.85. The van der Waals surface area contributed by atoms with Crippen molar-refractivity contribution >= 4 is 21.6 Å². The number of benzene rings is 1. The molecule has 4 nitrogen and oxygen atoms in total. The largest absolute Gasteiger partial charge is 0.309 e. The first kappa shape index (κ1) is 13.8. The fourth-order valence-electron chi connectivity index (χ4n) is 2.08. The van der Waals surface area contributed by atoms with E-state index >= 15 is 0 Å². The predicted octanol–water partition coefficient (Wildman–Crippen LogP) is 1.71. The van der Waals surface area contributed by atoms with Gasteiger partial charge in [-0.05, 0) is 32.0 Å². The minimum atomic E-state index is -3.45. The van der Waals surface area contributed by atoms with Crippen molar-refractivity contribution in [2.75, 3.05) is 19.6 Å². The van der Waals surface area contributed by atoms with Gasteiger partial charge in [-0.1, -0.05) is 17.7 Å². The first-order valence-corrected chi connectivity index (χ1v) is 7.64. The molecule has 0 radical (unpaired) electrons. The maximum Gasteiger partial charge on any atom is 0.243 e. The van der Waals surface area contributed by atoms with E-state index in [1.165, 1.54) is 10.4 Å². The van der Waals surface area contributed by atoms with Gasteiger partial charge in [-0.15, -0.1) is 0 Å². The number of nitrogens with one attached hydrogen (secondary N) is 1. The molecule has 100 valence electrons. The number of hydrogen-bond acceptors (Lipinski definition) is 3. The van der Waals surface area contributed by atoms with Crippen LogP contribution in [0.2, 0.25) is 5.02 Å². The molecule has 1 aromatic carbocycles. The number of piperazine rings is 1. The molecule has 1 fully saturated rings. The molecule has 0 aromatic heterocycles. The van der Waals surface area contributed by atoms with Crippen molar-refractivity contribution in [1.82, 2.24) is 9.62 Å². The number of rotatable bonds is 2. The van der Waals surface area contributed by atoms with Crippen LogP contribution in [0.4, 0.5) is 0 Å². The van der Waals surface area contributed by atoms with E-state index in [4.69, 9.17) is 11.6 Å². The van der Waals surface area contributed by atoms with Crippen LogP contribution in [0.3, 0.4) is 0 Å². The van der Waals surface area contributed by atoms with Gasteiger partial charge in [0.05, 0.1) is 4.90 Å². The Hall–Kier alpha value is -0.620. The molecule has 0 bridgehead atoms. The predicted molar refractivity (Wildman–Crippen MR) is 72.3 cm³/mol. The SMILES string of the molecule is CC1(C)CN(S(=O)(=O)c2cccc(Cl)c2)CCN1. The topological polar surface area (TPSA) is 49.4 Å². The molecule has 0 spiro atoms. The third-order valence-electron chi connectivity index (χ3n) is 2.97. The van der Waals surface area contributed by atoms with E-state index in [1.54, 1.807) is 18.2 Å². The van der Waals surface area contributed by atoms with Crippen molar-refractivity contribution in [3.8, 4) is 0 Å². The van der Waals surface area contributed by atoms with E-state index in [0.717, 1.165) is 0 Å². The Morgan fingerprint density at radius 2 is 2.11 bits per heavy atom. The second kappa shape index (κ2) is 4.81. The average molecular weight is 289 g/mol. The molecule has 6 heteroatoms. The van der Waals surface area contributed by atoms with Crippen molar-refractivity contribution in [2.24, 2.45) is 0 Å². The Bertz CT molecular complexity index is 543. The van der Waals surface area contributed by atoms with Crippen molar-refractivity contribution in [3.63, 3.8) is 0 Å². The van der Waals surface area contributed by atoms with Gasteiger partial charge in [0, 0.05) is 30.2 Å². The molecular formula is C12H17ClN2O2S. The summed E-state index contributed by atoms with van der Waals surface area (Å²) in [6.07, 6.45) is 0. The van der Waals surface area contributed by atoms with E-state index in [0.29, 0.717) is 24.7 Å². The number of sulfonamides is 1. The van der Waals surface area contributed by atoms with Gasteiger partial charge in [-0.3, -0.25) is 0 Å². The summed E-state index contributed by atoms with van der Waals surface area (Å²) in [5.74, 6) is 0. The monoisotopic (exact) mass is 288 g/mol. The quantitative estimate of drug-likeness (QED) is 0.901. The molecule has 1 saturated heterocycles. The summed E-state index contributed by atoms with van der Waals surface area (Å²) in [5.41, 5.74) is -0.204. The zero-order chi connectivity index (χ0) is 13.4. The van der Waals surface area contributed by atoms with E-state index in [9.17, 15) is 8.42 Å². The van der Waals surface area contributed by atoms with Crippen LogP contribution in [0.1, 0.15) is 13.8 Å². The van der Waals surface area contributed by atoms with Crippen LogP contribution in [0.5, 0.6) is 0 Å². The lowest BCUT2D eigenvalue weighted by Crippen LogP contribution is -2.58. The van der Waals surface area contributed by atoms with E-state index in [1.807, 2.05) is 13.8 Å². The third-order valence-corrected chi connectivity index (χ3v) is 5.05. The van der Waals surface area contributed by atoms with Crippen LogP contribution < -0.4 is 5.32 Å². The Morgan fingerprint density at radius 3 is 2.72 bits per heavy atom. The van der Waals surface area contributed by atoms with Gasteiger partial charge in [0.1, 0.15) is 0 Å². The standard InChI is InChI=1S/C12H17ClN2O2S/c1-12(2)9-15(7-6-14-12)18(16,17)11-5-3-4-10(13)8-11/h3-5,8,14H,6-7,9H2,1-2H3. The first-order valence-electron chi connectivity index (χ1n) is 5.82.